The smallest absolute Gasteiger partial charge is 0.407 e. The maximum Gasteiger partial charge on any atom is 0.407 e. The zero-order valence-corrected chi connectivity index (χ0v) is 18.8. The third-order valence-corrected chi connectivity index (χ3v) is 7.01. The Balaban J connectivity index is 1.44. The third-order valence-electron chi connectivity index (χ3n) is 6.00. The van der Waals surface area contributed by atoms with Crippen molar-refractivity contribution in [3.63, 3.8) is 0 Å². The number of carbonyl (C=O) groups is 3. The Morgan fingerprint density at radius 2 is 1.69 bits per heavy atom. The molecule has 0 saturated carbocycles. The van der Waals surface area contributed by atoms with Gasteiger partial charge in [-0.1, -0.05) is 62.4 Å². The molecule has 7 nitrogen and oxygen atoms in total. The van der Waals surface area contributed by atoms with Crippen molar-refractivity contribution < 1.29 is 24.2 Å². The molecule has 0 radical (unpaired) electrons. The number of carbonyl (C=O) groups excluding carboxylic acids is 2. The van der Waals surface area contributed by atoms with Crippen LogP contribution in [0.15, 0.2) is 48.5 Å². The molecule has 8 heteroatoms. The number of rotatable bonds is 6. The van der Waals surface area contributed by atoms with E-state index in [9.17, 15) is 19.5 Å². The molecule has 2 N–H and O–H groups in total. The molecule has 1 saturated heterocycles. The zero-order chi connectivity index (χ0) is 22.8. The van der Waals surface area contributed by atoms with Crippen LogP contribution >= 0.6 is 11.8 Å². The number of hydrogen-bond acceptors (Lipinski definition) is 5. The summed E-state index contributed by atoms with van der Waals surface area (Å²) in [5.74, 6) is -1.09. The van der Waals surface area contributed by atoms with E-state index in [2.05, 4.69) is 17.4 Å². The number of benzene rings is 2. The van der Waals surface area contributed by atoms with Gasteiger partial charge in [0.1, 0.15) is 18.7 Å². The van der Waals surface area contributed by atoms with Crippen LogP contribution < -0.4 is 5.32 Å². The summed E-state index contributed by atoms with van der Waals surface area (Å²) in [6, 6.07) is 14.4. The molecule has 1 heterocycles. The Morgan fingerprint density at radius 3 is 2.25 bits per heavy atom. The first-order valence-corrected chi connectivity index (χ1v) is 11.8. The van der Waals surface area contributed by atoms with Crippen LogP contribution in [0.1, 0.15) is 30.9 Å². The summed E-state index contributed by atoms with van der Waals surface area (Å²) in [5.41, 5.74) is 4.49. The summed E-state index contributed by atoms with van der Waals surface area (Å²) < 4.78 is 5.57. The van der Waals surface area contributed by atoms with Gasteiger partial charge >= 0.3 is 12.1 Å². The van der Waals surface area contributed by atoms with Gasteiger partial charge < -0.3 is 20.1 Å². The molecule has 2 aromatic rings. The van der Waals surface area contributed by atoms with E-state index in [4.69, 9.17) is 4.74 Å². The van der Waals surface area contributed by atoms with Crippen molar-refractivity contribution >= 4 is 29.7 Å². The highest BCUT2D eigenvalue weighted by molar-refractivity contribution is 7.99. The van der Waals surface area contributed by atoms with Crippen molar-refractivity contribution in [1.82, 2.24) is 10.2 Å². The highest BCUT2D eigenvalue weighted by Gasteiger charge is 2.39. The standard InChI is InChI=1S/C24H26N2O5S/c1-14(2)21(22(27)26-13-32-12-20(26)23(28)29)25-24(30)31-11-19-17-9-5-3-7-15(17)16-8-4-6-10-18(16)19/h3-10,14,19-21H,11-13H2,1-2H3,(H,25,30)(H,28,29)/t20-,21?/m0/s1. The van der Waals surface area contributed by atoms with E-state index >= 15 is 0 Å². The number of carboxylic acid groups (broad SMARTS) is 1. The minimum atomic E-state index is -1.04. The lowest BCUT2D eigenvalue weighted by molar-refractivity contribution is -0.148. The minimum absolute atomic E-state index is 0.0762. The van der Waals surface area contributed by atoms with E-state index in [-0.39, 0.29) is 18.4 Å². The van der Waals surface area contributed by atoms with E-state index in [0.29, 0.717) is 11.6 Å². The fourth-order valence-corrected chi connectivity index (χ4v) is 5.48. The van der Waals surface area contributed by atoms with E-state index in [1.54, 1.807) is 0 Å². The van der Waals surface area contributed by atoms with Crippen LogP contribution in [0.2, 0.25) is 0 Å². The predicted octanol–water partition coefficient (Wildman–Crippen LogP) is 3.54. The highest BCUT2D eigenvalue weighted by Crippen LogP contribution is 2.44. The summed E-state index contributed by atoms with van der Waals surface area (Å²) in [6.07, 6.45) is -0.683. The van der Waals surface area contributed by atoms with E-state index < -0.39 is 30.1 Å². The Morgan fingerprint density at radius 1 is 1.09 bits per heavy atom. The Bertz CT molecular complexity index is 995. The van der Waals surface area contributed by atoms with Gasteiger partial charge in [-0.2, -0.15) is 0 Å². The van der Waals surface area contributed by atoms with Gasteiger partial charge in [0.05, 0.1) is 5.88 Å². The van der Waals surface area contributed by atoms with Crippen molar-refractivity contribution in [1.29, 1.82) is 0 Å². The maximum atomic E-state index is 13.0. The molecule has 4 rings (SSSR count). The number of carboxylic acids is 1. The molecule has 32 heavy (non-hydrogen) atoms. The third kappa shape index (κ3) is 4.19. The minimum Gasteiger partial charge on any atom is -0.480 e. The van der Waals surface area contributed by atoms with E-state index in [0.717, 1.165) is 22.3 Å². The predicted molar refractivity (Wildman–Crippen MR) is 122 cm³/mol. The Hall–Kier alpha value is -3.00. The molecule has 0 aromatic heterocycles. The number of nitrogens with one attached hydrogen (secondary N) is 1. The first-order valence-electron chi connectivity index (χ1n) is 10.6. The van der Waals surface area contributed by atoms with Crippen molar-refractivity contribution in [2.45, 2.75) is 31.8 Å². The van der Waals surface area contributed by atoms with Gasteiger partial charge in [0.15, 0.2) is 0 Å². The van der Waals surface area contributed by atoms with Gasteiger partial charge in [-0.25, -0.2) is 9.59 Å². The normalized spacial score (nSPS) is 18.2. The van der Waals surface area contributed by atoms with Gasteiger partial charge in [-0.3, -0.25) is 4.79 Å². The fourth-order valence-electron chi connectivity index (χ4n) is 4.32. The van der Waals surface area contributed by atoms with Crippen molar-refractivity contribution in [3.8, 4) is 11.1 Å². The number of nitrogens with zero attached hydrogens (tertiary/aromatic N) is 1. The van der Waals surface area contributed by atoms with Crippen LogP contribution in [0.4, 0.5) is 4.79 Å². The summed E-state index contributed by atoms with van der Waals surface area (Å²) >= 11 is 1.39. The summed E-state index contributed by atoms with van der Waals surface area (Å²) in [4.78, 5) is 38.4. The zero-order valence-electron chi connectivity index (χ0n) is 18.0. The lowest BCUT2D eigenvalue weighted by Gasteiger charge is -2.28. The van der Waals surface area contributed by atoms with Crippen LogP contribution in [-0.4, -0.2) is 58.3 Å². The Labute approximate surface area is 191 Å². The van der Waals surface area contributed by atoms with Crippen LogP contribution in [0.5, 0.6) is 0 Å². The quantitative estimate of drug-likeness (QED) is 0.693. The van der Waals surface area contributed by atoms with Crippen LogP contribution in [0, 0.1) is 5.92 Å². The lowest BCUT2D eigenvalue weighted by Crippen LogP contribution is -2.54. The largest absolute Gasteiger partial charge is 0.480 e. The Kier molecular flexibility index (Phi) is 6.41. The summed E-state index contributed by atoms with van der Waals surface area (Å²) in [5, 5.41) is 12.1. The molecule has 0 bridgehead atoms. The van der Waals surface area contributed by atoms with Gasteiger partial charge in [-0.05, 0) is 28.2 Å². The first-order chi connectivity index (χ1) is 15.4. The number of alkyl carbamates (subject to hydrolysis) is 1. The molecule has 2 atom stereocenters. The van der Waals surface area contributed by atoms with Crippen LogP contribution in [-0.2, 0) is 14.3 Å². The van der Waals surface area contributed by atoms with Crippen LogP contribution in [0.25, 0.3) is 11.1 Å². The SMILES string of the molecule is CC(C)C(NC(=O)OCC1c2ccccc2-c2ccccc21)C(=O)N1CSC[C@H]1C(=O)O. The van der Waals surface area contributed by atoms with E-state index in [1.807, 2.05) is 50.2 Å². The van der Waals surface area contributed by atoms with Crippen molar-refractivity contribution in [3.05, 3.63) is 59.7 Å². The molecule has 1 aliphatic carbocycles. The maximum absolute atomic E-state index is 13.0. The molecule has 168 valence electrons. The first kappa shape index (κ1) is 22.2. The van der Waals surface area contributed by atoms with Crippen molar-refractivity contribution in [2.24, 2.45) is 5.92 Å². The molecule has 0 spiro atoms. The van der Waals surface area contributed by atoms with Gasteiger partial charge in [0.25, 0.3) is 0 Å². The molecular formula is C24H26N2O5S. The molecule has 1 aliphatic heterocycles. The number of hydrogen-bond donors (Lipinski definition) is 2. The van der Waals surface area contributed by atoms with Crippen molar-refractivity contribution in [2.75, 3.05) is 18.2 Å². The second kappa shape index (κ2) is 9.24. The molecule has 1 fully saturated rings. The fraction of sp³-hybridized carbons (Fsp3) is 0.375. The number of amides is 2. The average molecular weight is 455 g/mol. The summed E-state index contributed by atoms with van der Waals surface area (Å²) in [6.45, 7) is 3.77. The topological polar surface area (TPSA) is 95.9 Å². The highest BCUT2D eigenvalue weighted by atomic mass is 32.2. The van der Waals surface area contributed by atoms with E-state index in [1.165, 1.54) is 16.7 Å². The van der Waals surface area contributed by atoms with Gasteiger partial charge in [0.2, 0.25) is 5.91 Å². The van der Waals surface area contributed by atoms with Gasteiger partial charge in [0, 0.05) is 11.7 Å². The lowest BCUT2D eigenvalue weighted by atomic mass is 9.98. The number of aliphatic carboxylic acids is 1. The molecule has 2 aliphatic rings. The molecular weight excluding hydrogens is 428 g/mol. The second-order valence-corrected chi connectivity index (χ2v) is 9.35. The molecule has 2 aromatic carbocycles. The molecule has 1 unspecified atom stereocenters. The monoisotopic (exact) mass is 454 g/mol. The van der Waals surface area contributed by atoms with Gasteiger partial charge in [-0.15, -0.1) is 11.8 Å². The molecule has 2 amide bonds. The summed E-state index contributed by atoms with van der Waals surface area (Å²) in [7, 11) is 0. The average Bonchev–Trinajstić information content (AvgIpc) is 3.39. The number of fused-ring (bicyclic) bond motifs is 3. The number of thioether (sulfide) groups is 1. The second-order valence-electron chi connectivity index (χ2n) is 8.35. The number of ether oxygens (including phenoxy) is 1. The van der Waals surface area contributed by atoms with Crippen LogP contribution in [0.3, 0.4) is 0 Å².